The molecule has 2 nitrogen and oxygen atoms in total. The molecular weight excluding hydrogens is 150 g/mol. The van der Waals surface area contributed by atoms with Crippen molar-refractivity contribution in [1.82, 2.24) is 4.90 Å². The quantitative estimate of drug-likeness (QED) is 0.533. The zero-order chi connectivity index (χ0) is 7.07. The Labute approximate surface area is 68.0 Å². The molecule has 1 aliphatic heterocycles. The lowest BCUT2D eigenvalue weighted by molar-refractivity contribution is -0.116. The predicted octanol–water partition coefficient (Wildman–Crippen LogP) is 1.09. The van der Waals surface area contributed by atoms with E-state index in [-0.39, 0.29) is 17.9 Å². The van der Waals surface area contributed by atoms with E-state index in [0.29, 0.717) is 18.7 Å². The summed E-state index contributed by atoms with van der Waals surface area (Å²) in [6.45, 7) is 4.82. The average Bonchev–Trinajstić information content (AvgIpc) is 1.79. The van der Waals surface area contributed by atoms with Crippen LogP contribution in [-0.4, -0.2) is 29.8 Å². The van der Waals surface area contributed by atoms with Crippen molar-refractivity contribution < 1.29 is 4.79 Å². The van der Waals surface area contributed by atoms with Crippen LogP contribution in [-0.2, 0) is 4.79 Å². The molecule has 1 fully saturated rings. The summed E-state index contributed by atoms with van der Waals surface area (Å²) >= 11 is 0. The van der Waals surface area contributed by atoms with Gasteiger partial charge in [0.05, 0.1) is 6.54 Å². The third kappa shape index (κ3) is 1.70. The van der Waals surface area contributed by atoms with Crippen LogP contribution in [0.15, 0.2) is 0 Å². The Morgan fingerprint density at radius 2 is 2.00 bits per heavy atom. The van der Waals surface area contributed by atoms with Crippen molar-refractivity contribution in [3.63, 3.8) is 0 Å². The van der Waals surface area contributed by atoms with E-state index < -0.39 is 0 Å². The summed E-state index contributed by atoms with van der Waals surface area (Å²) in [6, 6.07) is 0. The van der Waals surface area contributed by atoms with Crippen LogP contribution in [0.4, 0.5) is 0 Å². The molecule has 1 rings (SSSR count). The summed E-state index contributed by atoms with van der Waals surface area (Å²) in [6.07, 6.45) is 0.712. The Bertz CT molecular complexity index is 145. The van der Waals surface area contributed by atoms with Crippen LogP contribution in [0.25, 0.3) is 0 Å². The first-order chi connectivity index (χ1) is 4.02. The molecule has 0 atom stereocenters. The van der Waals surface area contributed by atoms with Crippen molar-refractivity contribution in [3.8, 4) is 0 Å². The molecule has 0 radical (unpaired) electrons. The molecule has 0 saturated carbocycles. The zero-order valence-electron chi connectivity index (χ0n) is 6.68. The van der Waals surface area contributed by atoms with Crippen molar-refractivity contribution in [2.45, 2.75) is 25.8 Å². The molecule has 0 unspecified atom stereocenters. The fourth-order valence-electron chi connectivity index (χ4n) is 1.15. The van der Waals surface area contributed by atoms with Gasteiger partial charge in [-0.05, 0) is 20.9 Å². The largest absolute Gasteiger partial charge is 0.298 e. The maximum absolute atomic E-state index is 10.8. The fraction of sp³-hybridized carbons (Fsp3) is 0.857. The molecule has 0 aliphatic carbocycles. The number of ketones is 1. The highest BCUT2D eigenvalue weighted by Crippen LogP contribution is 2.23. The number of rotatable bonds is 0. The summed E-state index contributed by atoms with van der Waals surface area (Å²) in [7, 11) is 1.99. The minimum Gasteiger partial charge on any atom is -0.298 e. The highest BCUT2D eigenvalue weighted by atomic mass is 35.5. The van der Waals surface area contributed by atoms with Gasteiger partial charge in [-0.1, -0.05) is 0 Å². The molecule has 1 aliphatic rings. The number of likely N-dealkylation sites (N-methyl/N-ethyl adjacent to an activating group) is 1. The van der Waals surface area contributed by atoms with Gasteiger partial charge in [-0.2, -0.15) is 0 Å². The molecule has 1 heterocycles. The van der Waals surface area contributed by atoms with Crippen LogP contribution in [0.5, 0.6) is 0 Å². The van der Waals surface area contributed by atoms with Gasteiger partial charge >= 0.3 is 0 Å². The summed E-state index contributed by atoms with van der Waals surface area (Å²) in [4.78, 5) is 12.9. The van der Waals surface area contributed by atoms with Crippen molar-refractivity contribution >= 4 is 18.2 Å². The zero-order valence-corrected chi connectivity index (χ0v) is 7.49. The molecule has 0 bridgehead atoms. The van der Waals surface area contributed by atoms with Crippen molar-refractivity contribution in [3.05, 3.63) is 0 Å². The minimum absolute atomic E-state index is 0. The van der Waals surface area contributed by atoms with Crippen molar-refractivity contribution in [1.29, 1.82) is 0 Å². The van der Waals surface area contributed by atoms with Gasteiger partial charge in [-0.3, -0.25) is 9.69 Å². The Morgan fingerprint density at radius 3 is 2.10 bits per heavy atom. The Morgan fingerprint density at radius 1 is 1.50 bits per heavy atom. The molecule has 0 spiro atoms. The number of hydrogen-bond acceptors (Lipinski definition) is 2. The third-order valence-corrected chi connectivity index (χ3v) is 2.08. The van der Waals surface area contributed by atoms with Gasteiger partial charge < -0.3 is 0 Å². The molecule has 0 aromatic rings. The van der Waals surface area contributed by atoms with E-state index in [0.717, 1.165) is 0 Å². The second-order valence-corrected chi connectivity index (χ2v) is 3.38. The molecule has 10 heavy (non-hydrogen) atoms. The number of halogens is 1. The second kappa shape index (κ2) is 2.89. The molecule has 0 aromatic heterocycles. The van der Waals surface area contributed by atoms with Gasteiger partial charge in [-0.15, -0.1) is 12.4 Å². The maximum atomic E-state index is 10.8. The minimum atomic E-state index is 0. The molecule has 1 saturated heterocycles. The van der Waals surface area contributed by atoms with Crippen LogP contribution in [0.3, 0.4) is 0 Å². The lowest BCUT2D eigenvalue weighted by Crippen LogP contribution is -2.34. The summed E-state index contributed by atoms with van der Waals surface area (Å²) in [5.74, 6) is 0.363. The lowest BCUT2D eigenvalue weighted by Gasteiger charge is -2.25. The van der Waals surface area contributed by atoms with Crippen LogP contribution >= 0.6 is 12.4 Å². The number of carbonyl (C=O) groups is 1. The molecule has 0 N–H and O–H groups in total. The number of nitrogens with zero attached hydrogens (tertiary/aromatic N) is 1. The van der Waals surface area contributed by atoms with Crippen LogP contribution in [0, 0.1) is 0 Å². The molecule has 0 amide bonds. The lowest BCUT2D eigenvalue weighted by atomic mass is 10.0. The van der Waals surface area contributed by atoms with Crippen molar-refractivity contribution in [2.75, 3.05) is 13.6 Å². The fourth-order valence-corrected chi connectivity index (χ4v) is 1.15. The van der Waals surface area contributed by atoms with Gasteiger partial charge in [0.1, 0.15) is 5.78 Å². The van der Waals surface area contributed by atoms with Gasteiger partial charge in [-0.25, -0.2) is 0 Å². The Balaban J connectivity index is 0.000000810. The van der Waals surface area contributed by atoms with E-state index in [1.54, 1.807) is 0 Å². The monoisotopic (exact) mass is 163 g/mol. The number of likely N-dealkylation sites (tertiary alicyclic amines) is 1. The van der Waals surface area contributed by atoms with Gasteiger partial charge in [0.2, 0.25) is 0 Å². The maximum Gasteiger partial charge on any atom is 0.148 e. The van der Waals surface area contributed by atoms with E-state index in [4.69, 9.17) is 0 Å². The summed E-state index contributed by atoms with van der Waals surface area (Å²) in [5.41, 5.74) is 0.108. The SMILES string of the molecule is CN1CC(=O)CC1(C)C.Cl. The Kier molecular flexibility index (Phi) is 2.86. The Hall–Kier alpha value is -0.0800. The molecule has 0 aromatic carbocycles. The van der Waals surface area contributed by atoms with E-state index in [2.05, 4.69) is 18.7 Å². The van der Waals surface area contributed by atoms with Gasteiger partial charge in [0.15, 0.2) is 0 Å². The van der Waals surface area contributed by atoms with E-state index >= 15 is 0 Å². The van der Waals surface area contributed by atoms with Gasteiger partial charge in [0, 0.05) is 12.0 Å². The smallest absolute Gasteiger partial charge is 0.148 e. The second-order valence-electron chi connectivity index (χ2n) is 3.38. The highest BCUT2D eigenvalue weighted by Gasteiger charge is 2.33. The molecule has 60 valence electrons. The first kappa shape index (κ1) is 9.92. The van der Waals surface area contributed by atoms with E-state index in [9.17, 15) is 4.79 Å². The first-order valence-electron chi connectivity index (χ1n) is 3.25. The van der Waals surface area contributed by atoms with Crippen LogP contribution in [0.2, 0.25) is 0 Å². The third-order valence-electron chi connectivity index (χ3n) is 2.08. The first-order valence-corrected chi connectivity index (χ1v) is 3.25. The van der Waals surface area contributed by atoms with Crippen LogP contribution in [0.1, 0.15) is 20.3 Å². The van der Waals surface area contributed by atoms with E-state index in [1.807, 2.05) is 7.05 Å². The number of hydrogen-bond donors (Lipinski definition) is 0. The highest BCUT2D eigenvalue weighted by molar-refractivity contribution is 5.85. The van der Waals surface area contributed by atoms with E-state index in [1.165, 1.54) is 0 Å². The molecular formula is C7H14ClNO. The standard InChI is InChI=1S/C7H13NO.ClH/c1-7(2)4-6(9)5-8(7)3;/h4-5H2,1-3H3;1H. The summed E-state index contributed by atoms with van der Waals surface area (Å²) in [5, 5.41) is 0. The van der Waals surface area contributed by atoms with Crippen LogP contribution < -0.4 is 0 Å². The number of carbonyl (C=O) groups excluding carboxylic acids is 1. The predicted molar refractivity (Wildman–Crippen MR) is 43.6 cm³/mol. The topological polar surface area (TPSA) is 20.3 Å². The summed E-state index contributed by atoms with van der Waals surface area (Å²) < 4.78 is 0. The van der Waals surface area contributed by atoms with Gasteiger partial charge in [0.25, 0.3) is 0 Å². The normalized spacial score (nSPS) is 24.5. The van der Waals surface area contributed by atoms with Crippen molar-refractivity contribution in [2.24, 2.45) is 0 Å². The number of Topliss-reactive ketones (excluding diaryl/α,β-unsaturated/α-hetero) is 1. The molecule has 3 heteroatoms. The average molecular weight is 164 g/mol.